The second-order valence-corrected chi connectivity index (χ2v) is 6.44. The van der Waals surface area contributed by atoms with Crippen molar-refractivity contribution in [3.63, 3.8) is 0 Å². The van der Waals surface area contributed by atoms with E-state index in [0.29, 0.717) is 17.7 Å². The number of nitrogens with one attached hydrogen (secondary N) is 1. The van der Waals surface area contributed by atoms with Gasteiger partial charge in [0, 0.05) is 12.1 Å². The van der Waals surface area contributed by atoms with E-state index < -0.39 is 23.7 Å². The number of hydrogen-bond donors (Lipinski definition) is 1. The van der Waals surface area contributed by atoms with Crippen LogP contribution >= 0.6 is 0 Å². The van der Waals surface area contributed by atoms with Crippen LogP contribution in [-0.4, -0.2) is 35.8 Å². The molecule has 1 heterocycles. The normalized spacial score (nSPS) is 13.8. The van der Waals surface area contributed by atoms with Crippen LogP contribution in [0.3, 0.4) is 0 Å². The molecular formula is C21H21FN2O4. The maximum Gasteiger partial charge on any atom is 0.325 e. The fourth-order valence-electron chi connectivity index (χ4n) is 3.25. The molecule has 7 heteroatoms. The lowest BCUT2D eigenvalue weighted by Crippen LogP contribution is -2.36. The Bertz CT molecular complexity index is 882. The molecule has 1 atom stereocenters. The minimum Gasteiger partial charge on any atom is -0.465 e. The lowest BCUT2D eigenvalue weighted by Gasteiger charge is -2.28. The molecule has 1 aliphatic rings. The van der Waals surface area contributed by atoms with Crippen LogP contribution in [0, 0.1) is 5.82 Å². The van der Waals surface area contributed by atoms with Crippen LogP contribution in [0.15, 0.2) is 48.5 Å². The van der Waals surface area contributed by atoms with E-state index in [2.05, 4.69) is 5.32 Å². The van der Waals surface area contributed by atoms with Crippen molar-refractivity contribution in [1.82, 2.24) is 10.2 Å². The molecule has 2 amide bonds. The molecule has 0 spiro atoms. The maximum atomic E-state index is 13.4. The summed E-state index contributed by atoms with van der Waals surface area (Å²) in [5.74, 6) is -1.50. The van der Waals surface area contributed by atoms with E-state index in [9.17, 15) is 18.8 Å². The molecule has 3 rings (SSSR count). The Labute approximate surface area is 162 Å². The number of halogens is 1. The minimum absolute atomic E-state index is 0.0508. The molecule has 146 valence electrons. The zero-order chi connectivity index (χ0) is 20.1. The summed E-state index contributed by atoms with van der Waals surface area (Å²) in [6.45, 7) is 2.04. The number of benzene rings is 2. The van der Waals surface area contributed by atoms with Gasteiger partial charge in [0.25, 0.3) is 5.91 Å². The van der Waals surface area contributed by atoms with Gasteiger partial charge >= 0.3 is 5.97 Å². The minimum atomic E-state index is -0.581. The summed E-state index contributed by atoms with van der Waals surface area (Å²) in [6, 6.07) is 12.4. The highest BCUT2D eigenvalue weighted by Crippen LogP contribution is 2.33. The van der Waals surface area contributed by atoms with E-state index in [1.54, 1.807) is 36.1 Å². The van der Waals surface area contributed by atoms with Crippen molar-refractivity contribution in [3.05, 3.63) is 71.0 Å². The molecule has 1 N–H and O–H groups in total. The van der Waals surface area contributed by atoms with E-state index in [1.807, 2.05) is 12.1 Å². The lowest BCUT2D eigenvalue weighted by atomic mass is 10.0. The predicted octanol–water partition coefficient (Wildman–Crippen LogP) is 2.59. The standard InChI is InChI=1S/C21H21FN2O4/c1-2-28-20(26)12-23-19(25)11-18(14-7-9-16(22)10-8-14)24-13-15-5-3-4-6-17(15)21(24)27/h3-10,18H,2,11-13H2,1H3,(H,23,25)/t18-/m0/s1. The van der Waals surface area contributed by atoms with Crippen molar-refractivity contribution in [1.29, 1.82) is 0 Å². The molecule has 28 heavy (non-hydrogen) atoms. The number of ether oxygens (including phenoxy) is 1. The Kier molecular flexibility index (Phi) is 6.03. The summed E-state index contributed by atoms with van der Waals surface area (Å²) < 4.78 is 18.1. The molecule has 0 saturated heterocycles. The van der Waals surface area contributed by atoms with Gasteiger partial charge in [-0.15, -0.1) is 0 Å². The van der Waals surface area contributed by atoms with Crippen LogP contribution < -0.4 is 5.32 Å². The van der Waals surface area contributed by atoms with Gasteiger partial charge in [-0.05, 0) is 36.2 Å². The molecule has 0 radical (unpaired) electrons. The highest BCUT2D eigenvalue weighted by Gasteiger charge is 2.34. The number of fused-ring (bicyclic) bond motifs is 1. The van der Waals surface area contributed by atoms with Crippen molar-refractivity contribution in [3.8, 4) is 0 Å². The topological polar surface area (TPSA) is 75.7 Å². The highest BCUT2D eigenvalue weighted by molar-refractivity contribution is 5.99. The van der Waals surface area contributed by atoms with E-state index in [4.69, 9.17) is 4.74 Å². The highest BCUT2D eigenvalue weighted by atomic mass is 19.1. The fraction of sp³-hybridized carbons (Fsp3) is 0.286. The molecule has 0 bridgehead atoms. The molecule has 0 unspecified atom stereocenters. The third-order valence-corrected chi connectivity index (χ3v) is 4.59. The first-order valence-corrected chi connectivity index (χ1v) is 9.06. The predicted molar refractivity (Wildman–Crippen MR) is 99.7 cm³/mol. The number of carbonyl (C=O) groups is 3. The fourth-order valence-corrected chi connectivity index (χ4v) is 3.25. The van der Waals surface area contributed by atoms with Crippen LogP contribution in [0.25, 0.3) is 0 Å². The number of carbonyl (C=O) groups excluding carboxylic acids is 3. The third-order valence-electron chi connectivity index (χ3n) is 4.59. The van der Waals surface area contributed by atoms with Gasteiger partial charge in [-0.3, -0.25) is 14.4 Å². The van der Waals surface area contributed by atoms with Crippen molar-refractivity contribution in [2.24, 2.45) is 0 Å². The van der Waals surface area contributed by atoms with E-state index in [-0.39, 0.29) is 25.5 Å². The van der Waals surface area contributed by atoms with Crippen LogP contribution in [-0.2, 0) is 20.9 Å². The van der Waals surface area contributed by atoms with Crippen LogP contribution in [0.1, 0.15) is 40.9 Å². The van der Waals surface area contributed by atoms with Crippen molar-refractivity contribution in [2.45, 2.75) is 25.9 Å². The lowest BCUT2D eigenvalue weighted by molar-refractivity contribution is -0.143. The molecule has 2 aromatic carbocycles. The zero-order valence-corrected chi connectivity index (χ0v) is 15.5. The smallest absolute Gasteiger partial charge is 0.325 e. The maximum absolute atomic E-state index is 13.4. The van der Waals surface area contributed by atoms with E-state index >= 15 is 0 Å². The van der Waals surface area contributed by atoms with Gasteiger partial charge in [0.05, 0.1) is 19.1 Å². The van der Waals surface area contributed by atoms with Crippen LogP contribution in [0.5, 0.6) is 0 Å². The van der Waals surface area contributed by atoms with Gasteiger partial charge < -0.3 is 15.0 Å². The van der Waals surface area contributed by atoms with Gasteiger partial charge in [-0.2, -0.15) is 0 Å². The molecule has 1 aliphatic heterocycles. The van der Waals surface area contributed by atoms with E-state index in [0.717, 1.165) is 5.56 Å². The monoisotopic (exact) mass is 384 g/mol. The second kappa shape index (κ2) is 8.65. The average Bonchev–Trinajstić information content (AvgIpc) is 3.02. The first-order chi connectivity index (χ1) is 13.5. The SMILES string of the molecule is CCOC(=O)CNC(=O)C[C@@H](c1ccc(F)cc1)N1Cc2ccccc2C1=O. The van der Waals surface area contributed by atoms with Gasteiger partial charge in [-0.25, -0.2) is 4.39 Å². The molecule has 6 nitrogen and oxygen atoms in total. The van der Waals surface area contributed by atoms with Gasteiger partial charge in [0.1, 0.15) is 12.4 Å². The number of hydrogen-bond acceptors (Lipinski definition) is 4. The van der Waals surface area contributed by atoms with Gasteiger partial charge in [0.2, 0.25) is 5.91 Å². The summed E-state index contributed by atoms with van der Waals surface area (Å²) >= 11 is 0. The van der Waals surface area contributed by atoms with Crippen molar-refractivity contribution < 1.29 is 23.5 Å². The molecule has 0 aliphatic carbocycles. The Hall–Kier alpha value is -3.22. The van der Waals surface area contributed by atoms with Crippen molar-refractivity contribution >= 4 is 17.8 Å². The molecular weight excluding hydrogens is 363 g/mol. The first-order valence-electron chi connectivity index (χ1n) is 9.06. The summed E-state index contributed by atoms with van der Waals surface area (Å²) in [5, 5.41) is 2.51. The summed E-state index contributed by atoms with van der Waals surface area (Å²) in [5.41, 5.74) is 2.13. The van der Waals surface area contributed by atoms with E-state index in [1.165, 1.54) is 12.1 Å². The summed E-state index contributed by atoms with van der Waals surface area (Å²) in [4.78, 5) is 38.3. The second-order valence-electron chi connectivity index (χ2n) is 6.44. The Morgan fingerprint density at radius 3 is 2.57 bits per heavy atom. The van der Waals surface area contributed by atoms with Gasteiger partial charge in [-0.1, -0.05) is 30.3 Å². The van der Waals surface area contributed by atoms with Crippen molar-refractivity contribution in [2.75, 3.05) is 13.2 Å². The Morgan fingerprint density at radius 1 is 1.18 bits per heavy atom. The number of esters is 1. The molecule has 0 fully saturated rings. The summed E-state index contributed by atoms with van der Waals surface area (Å²) in [7, 11) is 0. The number of nitrogens with zero attached hydrogens (tertiary/aromatic N) is 1. The first kappa shape index (κ1) is 19.5. The zero-order valence-electron chi connectivity index (χ0n) is 15.5. The molecule has 2 aromatic rings. The third kappa shape index (κ3) is 4.36. The quantitative estimate of drug-likeness (QED) is 0.745. The number of rotatable bonds is 7. The van der Waals surface area contributed by atoms with Gasteiger partial charge in [0.15, 0.2) is 0 Å². The average molecular weight is 384 g/mol. The summed E-state index contributed by atoms with van der Waals surface area (Å²) in [6.07, 6.45) is -0.0508. The van der Waals surface area contributed by atoms with Crippen LogP contribution in [0.2, 0.25) is 0 Å². The van der Waals surface area contributed by atoms with Crippen LogP contribution in [0.4, 0.5) is 4.39 Å². The number of amides is 2. The molecule has 0 saturated carbocycles. The Morgan fingerprint density at radius 2 is 1.89 bits per heavy atom. The largest absolute Gasteiger partial charge is 0.465 e. The Balaban J connectivity index is 1.79. The molecule has 0 aromatic heterocycles.